The number of hydrogen-bond donors (Lipinski definition) is 1. The maximum Gasteiger partial charge on any atom is 0.433 e. The molecule has 0 amide bonds. The standard InChI is InChI=1S/C15H22F3N3/c1-2-9-19-11-12-6-3-4-10-21(12)14-8-5-7-13(20-14)15(16,17)18/h5,7-8,12,19H,2-4,6,9-11H2,1H3. The smallest absolute Gasteiger partial charge is 0.352 e. The van der Waals surface area contributed by atoms with E-state index in [1.165, 1.54) is 6.07 Å². The maximum atomic E-state index is 12.8. The summed E-state index contributed by atoms with van der Waals surface area (Å²) >= 11 is 0. The van der Waals surface area contributed by atoms with E-state index in [-0.39, 0.29) is 6.04 Å². The van der Waals surface area contributed by atoms with E-state index in [4.69, 9.17) is 0 Å². The van der Waals surface area contributed by atoms with E-state index in [1.54, 1.807) is 6.07 Å². The van der Waals surface area contributed by atoms with Crippen molar-refractivity contribution in [3.8, 4) is 0 Å². The van der Waals surface area contributed by atoms with Crippen molar-refractivity contribution in [3.05, 3.63) is 23.9 Å². The predicted octanol–water partition coefficient (Wildman–Crippen LogP) is 3.46. The van der Waals surface area contributed by atoms with Gasteiger partial charge in [-0.05, 0) is 44.4 Å². The summed E-state index contributed by atoms with van der Waals surface area (Å²) in [5.74, 6) is 0.438. The molecule has 6 heteroatoms. The lowest BCUT2D eigenvalue weighted by molar-refractivity contribution is -0.141. The molecule has 1 aliphatic heterocycles. The fourth-order valence-corrected chi connectivity index (χ4v) is 2.70. The Morgan fingerprint density at radius 1 is 1.33 bits per heavy atom. The highest BCUT2D eigenvalue weighted by Crippen LogP contribution is 2.30. The summed E-state index contributed by atoms with van der Waals surface area (Å²) in [4.78, 5) is 5.83. The van der Waals surface area contributed by atoms with Crippen molar-refractivity contribution in [2.45, 2.75) is 44.8 Å². The van der Waals surface area contributed by atoms with Gasteiger partial charge in [0.1, 0.15) is 11.5 Å². The summed E-state index contributed by atoms with van der Waals surface area (Å²) in [6.45, 7) is 4.60. The number of hydrogen-bond acceptors (Lipinski definition) is 3. The fourth-order valence-electron chi connectivity index (χ4n) is 2.70. The van der Waals surface area contributed by atoms with Gasteiger partial charge in [0.05, 0.1) is 0 Å². The molecule has 1 aliphatic rings. The number of pyridine rings is 1. The molecule has 0 aromatic carbocycles. The van der Waals surface area contributed by atoms with Gasteiger partial charge >= 0.3 is 6.18 Å². The lowest BCUT2D eigenvalue weighted by Crippen LogP contribution is -2.46. The SMILES string of the molecule is CCCNCC1CCCCN1c1cccc(C(F)(F)F)n1. The third-order valence-electron chi connectivity index (χ3n) is 3.75. The van der Waals surface area contributed by atoms with Crippen LogP contribution in [0.4, 0.5) is 19.0 Å². The van der Waals surface area contributed by atoms with Crippen LogP contribution in [0.25, 0.3) is 0 Å². The monoisotopic (exact) mass is 301 g/mol. The van der Waals surface area contributed by atoms with Crippen molar-refractivity contribution in [2.75, 3.05) is 24.5 Å². The van der Waals surface area contributed by atoms with Crippen LogP contribution in [0.3, 0.4) is 0 Å². The molecule has 0 aliphatic carbocycles. The number of nitrogens with zero attached hydrogens (tertiary/aromatic N) is 2. The van der Waals surface area contributed by atoms with Gasteiger partial charge in [-0.1, -0.05) is 13.0 Å². The molecule has 0 radical (unpaired) electrons. The molecule has 118 valence electrons. The van der Waals surface area contributed by atoms with Crippen LogP contribution in [0.5, 0.6) is 0 Å². The maximum absolute atomic E-state index is 12.8. The van der Waals surface area contributed by atoms with Gasteiger partial charge < -0.3 is 10.2 Å². The first kappa shape index (κ1) is 16.1. The van der Waals surface area contributed by atoms with Crippen molar-refractivity contribution < 1.29 is 13.2 Å². The second-order valence-corrected chi connectivity index (χ2v) is 5.43. The topological polar surface area (TPSA) is 28.2 Å². The van der Waals surface area contributed by atoms with E-state index in [1.807, 2.05) is 4.90 Å². The van der Waals surface area contributed by atoms with E-state index in [0.29, 0.717) is 5.82 Å². The Balaban J connectivity index is 2.13. The molecule has 1 unspecified atom stereocenters. The Morgan fingerprint density at radius 3 is 2.86 bits per heavy atom. The molecule has 1 aromatic heterocycles. The molecule has 1 fully saturated rings. The number of nitrogens with one attached hydrogen (secondary N) is 1. The highest BCUT2D eigenvalue weighted by molar-refractivity contribution is 5.41. The average molecular weight is 301 g/mol. The van der Waals surface area contributed by atoms with Crippen LogP contribution in [0, 0.1) is 0 Å². The Hall–Kier alpha value is -1.30. The van der Waals surface area contributed by atoms with Gasteiger partial charge in [0.25, 0.3) is 0 Å². The molecule has 1 saturated heterocycles. The lowest BCUT2D eigenvalue weighted by Gasteiger charge is -2.37. The van der Waals surface area contributed by atoms with Gasteiger partial charge in [0.2, 0.25) is 0 Å². The van der Waals surface area contributed by atoms with E-state index >= 15 is 0 Å². The molecule has 0 bridgehead atoms. The second kappa shape index (κ2) is 7.11. The highest BCUT2D eigenvalue weighted by Gasteiger charge is 2.33. The fraction of sp³-hybridized carbons (Fsp3) is 0.667. The van der Waals surface area contributed by atoms with Gasteiger partial charge in [0.15, 0.2) is 0 Å². The number of anilines is 1. The van der Waals surface area contributed by atoms with Crippen molar-refractivity contribution in [2.24, 2.45) is 0 Å². The molecule has 2 heterocycles. The van der Waals surface area contributed by atoms with Gasteiger partial charge in [-0.15, -0.1) is 0 Å². The van der Waals surface area contributed by atoms with Gasteiger partial charge in [-0.2, -0.15) is 13.2 Å². The van der Waals surface area contributed by atoms with E-state index in [0.717, 1.165) is 51.4 Å². The zero-order valence-corrected chi connectivity index (χ0v) is 12.3. The van der Waals surface area contributed by atoms with Crippen LogP contribution < -0.4 is 10.2 Å². The summed E-state index contributed by atoms with van der Waals surface area (Å²) in [5, 5.41) is 3.36. The molecular weight excluding hydrogens is 279 g/mol. The first-order chi connectivity index (χ1) is 10.0. The Bertz CT molecular complexity index is 448. The van der Waals surface area contributed by atoms with E-state index < -0.39 is 11.9 Å². The molecule has 1 atom stereocenters. The van der Waals surface area contributed by atoms with Crippen LogP contribution in [0.2, 0.25) is 0 Å². The summed E-state index contributed by atoms with van der Waals surface area (Å²) in [6.07, 6.45) is -0.221. The number of halogens is 3. The van der Waals surface area contributed by atoms with Gasteiger partial charge in [0, 0.05) is 19.1 Å². The molecule has 2 rings (SSSR count). The molecular formula is C15H22F3N3. The second-order valence-electron chi connectivity index (χ2n) is 5.43. The molecule has 0 spiro atoms. The summed E-state index contributed by atoms with van der Waals surface area (Å²) in [6, 6.07) is 4.36. The number of piperidine rings is 1. The molecule has 0 saturated carbocycles. The van der Waals surface area contributed by atoms with Crippen molar-refractivity contribution >= 4 is 5.82 Å². The largest absolute Gasteiger partial charge is 0.433 e. The lowest BCUT2D eigenvalue weighted by atomic mass is 10.0. The number of rotatable bonds is 5. The molecule has 21 heavy (non-hydrogen) atoms. The normalized spacial score (nSPS) is 19.8. The van der Waals surface area contributed by atoms with Gasteiger partial charge in [-0.3, -0.25) is 0 Å². The molecule has 1 N–H and O–H groups in total. The summed E-state index contributed by atoms with van der Waals surface area (Å²) in [5.41, 5.74) is -0.814. The quantitative estimate of drug-likeness (QED) is 0.844. The first-order valence-corrected chi connectivity index (χ1v) is 7.54. The zero-order valence-electron chi connectivity index (χ0n) is 12.3. The zero-order chi connectivity index (χ0) is 15.3. The van der Waals surface area contributed by atoms with Crippen LogP contribution in [0.15, 0.2) is 18.2 Å². The Kier molecular flexibility index (Phi) is 5.45. The third-order valence-corrected chi connectivity index (χ3v) is 3.75. The molecule has 1 aromatic rings. The minimum absolute atomic E-state index is 0.223. The summed E-state index contributed by atoms with van der Waals surface area (Å²) in [7, 11) is 0. The number of aromatic nitrogens is 1. The average Bonchev–Trinajstić information content (AvgIpc) is 2.47. The minimum Gasteiger partial charge on any atom is -0.352 e. The highest BCUT2D eigenvalue weighted by atomic mass is 19.4. The van der Waals surface area contributed by atoms with Crippen molar-refractivity contribution in [1.29, 1.82) is 0 Å². The predicted molar refractivity (Wildman–Crippen MR) is 77.4 cm³/mol. The van der Waals surface area contributed by atoms with Crippen LogP contribution in [-0.2, 0) is 6.18 Å². The molecule has 3 nitrogen and oxygen atoms in total. The van der Waals surface area contributed by atoms with Crippen molar-refractivity contribution in [1.82, 2.24) is 10.3 Å². The number of alkyl halides is 3. The Morgan fingerprint density at radius 2 is 2.14 bits per heavy atom. The van der Waals surface area contributed by atoms with E-state index in [9.17, 15) is 13.2 Å². The summed E-state index contributed by atoms with van der Waals surface area (Å²) < 4.78 is 38.4. The van der Waals surface area contributed by atoms with E-state index in [2.05, 4.69) is 17.2 Å². The van der Waals surface area contributed by atoms with Crippen LogP contribution in [-0.4, -0.2) is 30.7 Å². The van der Waals surface area contributed by atoms with Crippen molar-refractivity contribution in [3.63, 3.8) is 0 Å². The van der Waals surface area contributed by atoms with Crippen LogP contribution in [0.1, 0.15) is 38.3 Å². The third kappa shape index (κ3) is 4.33. The minimum atomic E-state index is -4.39. The Labute approximate surface area is 123 Å². The van der Waals surface area contributed by atoms with Crippen LogP contribution >= 0.6 is 0 Å². The first-order valence-electron chi connectivity index (χ1n) is 7.54. The van der Waals surface area contributed by atoms with Gasteiger partial charge in [-0.25, -0.2) is 4.98 Å².